The summed E-state index contributed by atoms with van der Waals surface area (Å²) in [7, 11) is 1.25. The van der Waals surface area contributed by atoms with Crippen molar-refractivity contribution in [2.75, 3.05) is 7.11 Å². The molecule has 90 valence electrons. The summed E-state index contributed by atoms with van der Waals surface area (Å²) >= 11 is 5.74. The molecule has 0 saturated heterocycles. The molecule has 0 aliphatic rings. The van der Waals surface area contributed by atoms with E-state index < -0.39 is 5.97 Å². The minimum atomic E-state index is -0.602. The zero-order chi connectivity index (χ0) is 12.8. The van der Waals surface area contributed by atoms with Crippen LogP contribution in [-0.4, -0.2) is 19.0 Å². The van der Waals surface area contributed by atoms with E-state index in [9.17, 15) is 9.59 Å². The molecule has 0 bridgehead atoms. The first-order valence-electron chi connectivity index (χ1n) is 4.86. The van der Waals surface area contributed by atoms with E-state index in [1.54, 1.807) is 24.3 Å². The van der Waals surface area contributed by atoms with Crippen molar-refractivity contribution >= 4 is 29.6 Å². The van der Waals surface area contributed by atoms with Gasteiger partial charge in [-0.3, -0.25) is 4.79 Å². The van der Waals surface area contributed by atoms with E-state index in [0.717, 1.165) is 5.56 Å². The number of carbonyl (C=O) groups is 2. The van der Waals surface area contributed by atoms with Crippen molar-refractivity contribution in [2.45, 2.75) is 6.92 Å². The summed E-state index contributed by atoms with van der Waals surface area (Å²) in [4.78, 5) is 22.3. The summed E-state index contributed by atoms with van der Waals surface area (Å²) in [6.45, 7) is 1.32. The second kappa shape index (κ2) is 6.06. The number of amides is 1. The number of hydrogen-bond acceptors (Lipinski definition) is 3. The average molecular weight is 254 g/mol. The number of nitrogens with one attached hydrogen (secondary N) is 1. The van der Waals surface area contributed by atoms with Crippen LogP contribution in [0, 0.1) is 0 Å². The van der Waals surface area contributed by atoms with Crippen LogP contribution in [-0.2, 0) is 14.3 Å². The fourth-order valence-electron chi connectivity index (χ4n) is 1.17. The maximum absolute atomic E-state index is 11.4. The summed E-state index contributed by atoms with van der Waals surface area (Å²) in [5.74, 6) is -0.939. The first kappa shape index (κ1) is 13.3. The number of rotatable bonds is 3. The summed E-state index contributed by atoms with van der Waals surface area (Å²) < 4.78 is 4.56. The minimum absolute atomic E-state index is 0.0855. The van der Waals surface area contributed by atoms with E-state index in [2.05, 4.69) is 10.1 Å². The molecule has 1 N–H and O–H groups in total. The molecule has 0 fully saturated rings. The lowest BCUT2D eigenvalue weighted by atomic mass is 10.2. The smallest absolute Gasteiger partial charge is 0.354 e. The van der Waals surface area contributed by atoms with E-state index in [0.29, 0.717) is 5.02 Å². The van der Waals surface area contributed by atoms with Crippen molar-refractivity contribution in [3.63, 3.8) is 0 Å². The summed E-state index contributed by atoms with van der Waals surface area (Å²) in [5, 5.41) is 3.01. The van der Waals surface area contributed by atoms with Gasteiger partial charge in [-0.1, -0.05) is 23.7 Å². The van der Waals surface area contributed by atoms with E-state index in [4.69, 9.17) is 11.6 Å². The molecule has 0 radical (unpaired) electrons. The Kier molecular flexibility index (Phi) is 4.72. The van der Waals surface area contributed by atoms with Crippen LogP contribution in [0.15, 0.2) is 30.0 Å². The van der Waals surface area contributed by atoms with Gasteiger partial charge >= 0.3 is 5.97 Å². The lowest BCUT2D eigenvalue weighted by molar-refractivity contribution is -0.137. The second-order valence-electron chi connectivity index (χ2n) is 3.28. The van der Waals surface area contributed by atoms with Gasteiger partial charge in [0, 0.05) is 11.9 Å². The fraction of sp³-hybridized carbons (Fsp3) is 0.167. The molecule has 0 spiro atoms. The summed E-state index contributed by atoms with van der Waals surface area (Å²) in [6, 6.07) is 6.84. The SMILES string of the molecule is COC(=O)C(=Cc1ccc(Cl)cc1)NC(C)=O. The first-order valence-corrected chi connectivity index (χ1v) is 5.24. The highest BCUT2D eigenvalue weighted by atomic mass is 35.5. The fourth-order valence-corrected chi connectivity index (χ4v) is 1.30. The van der Waals surface area contributed by atoms with E-state index in [-0.39, 0.29) is 11.6 Å². The molecule has 1 aromatic carbocycles. The molecule has 0 atom stereocenters. The number of methoxy groups -OCH3 is 1. The first-order chi connectivity index (χ1) is 8.02. The van der Waals surface area contributed by atoms with Crippen LogP contribution in [0.1, 0.15) is 12.5 Å². The van der Waals surface area contributed by atoms with Crippen molar-refractivity contribution in [1.29, 1.82) is 0 Å². The van der Waals surface area contributed by atoms with Gasteiger partial charge in [0.1, 0.15) is 5.70 Å². The number of ether oxygens (including phenoxy) is 1. The van der Waals surface area contributed by atoms with Crippen molar-refractivity contribution < 1.29 is 14.3 Å². The third-order valence-electron chi connectivity index (χ3n) is 1.90. The molecule has 0 heterocycles. The highest BCUT2D eigenvalue weighted by Crippen LogP contribution is 2.12. The van der Waals surface area contributed by atoms with Gasteiger partial charge in [-0.25, -0.2) is 4.79 Å². The van der Waals surface area contributed by atoms with Crippen molar-refractivity contribution in [1.82, 2.24) is 5.32 Å². The summed E-state index contributed by atoms with van der Waals surface area (Å²) in [6.07, 6.45) is 1.52. The largest absolute Gasteiger partial charge is 0.464 e. The van der Waals surface area contributed by atoms with Crippen LogP contribution in [0.3, 0.4) is 0 Å². The quantitative estimate of drug-likeness (QED) is 0.662. The van der Waals surface area contributed by atoms with Gasteiger partial charge < -0.3 is 10.1 Å². The van der Waals surface area contributed by atoms with Crippen molar-refractivity contribution in [3.8, 4) is 0 Å². The van der Waals surface area contributed by atoms with Gasteiger partial charge in [0.15, 0.2) is 0 Å². The van der Waals surface area contributed by atoms with Gasteiger partial charge in [-0.2, -0.15) is 0 Å². The molecule has 4 nitrogen and oxygen atoms in total. The zero-order valence-electron chi connectivity index (χ0n) is 9.49. The standard InChI is InChI=1S/C12H12ClNO3/c1-8(15)14-11(12(16)17-2)7-9-3-5-10(13)6-4-9/h3-7H,1-2H3,(H,14,15). The van der Waals surface area contributed by atoms with Gasteiger partial charge in [0.2, 0.25) is 5.91 Å². The van der Waals surface area contributed by atoms with Crippen LogP contribution < -0.4 is 5.32 Å². The van der Waals surface area contributed by atoms with Crippen molar-refractivity contribution in [2.24, 2.45) is 0 Å². The predicted molar refractivity (Wildman–Crippen MR) is 65.3 cm³/mol. The van der Waals surface area contributed by atoms with Crippen LogP contribution in [0.4, 0.5) is 0 Å². The van der Waals surface area contributed by atoms with Gasteiger partial charge in [0.05, 0.1) is 7.11 Å². The number of carbonyl (C=O) groups excluding carboxylic acids is 2. The number of benzene rings is 1. The minimum Gasteiger partial charge on any atom is -0.464 e. The van der Waals surface area contributed by atoms with Crippen molar-refractivity contribution in [3.05, 3.63) is 40.5 Å². The lowest BCUT2D eigenvalue weighted by Crippen LogP contribution is -2.25. The highest BCUT2D eigenvalue weighted by Gasteiger charge is 2.10. The molecule has 1 amide bonds. The molecule has 17 heavy (non-hydrogen) atoms. The zero-order valence-corrected chi connectivity index (χ0v) is 10.2. The maximum atomic E-state index is 11.4. The Hall–Kier alpha value is -1.81. The Morgan fingerprint density at radius 3 is 2.35 bits per heavy atom. The van der Waals surface area contributed by atoms with Crippen LogP contribution in [0.25, 0.3) is 6.08 Å². The third-order valence-corrected chi connectivity index (χ3v) is 2.15. The van der Waals surface area contributed by atoms with Crippen LogP contribution >= 0.6 is 11.6 Å². The van der Waals surface area contributed by atoms with E-state index >= 15 is 0 Å². The molecule has 0 aliphatic heterocycles. The maximum Gasteiger partial charge on any atom is 0.354 e. The van der Waals surface area contributed by atoms with Gasteiger partial charge in [0.25, 0.3) is 0 Å². The predicted octanol–water partition coefficient (Wildman–Crippen LogP) is 1.99. The van der Waals surface area contributed by atoms with Gasteiger partial charge in [-0.15, -0.1) is 0 Å². The molecule has 5 heteroatoms. The molecule has 1 aromatic rings. The topological polar surface area (TPSA) is 55.4 Å². The number of halogens is 1. The number of hydrogen-bond donors (Lipinski definition) is 1. The Morgan fingerprint density at radius 1 is 1.29 bits per heavy atom. The average Bonchev–Trinajstić information content (AvgIpc) is 2.29. The highest BCUT2D eigenvalue weighted by molar-refractivity contribution is 6.30. The second-order valence-corrected chi connectivity index (χ2v) is 3.72. The summed E-state index contributed by atoms with van der Waals surface area (Å²) in [5.41, 5.74) is 0.825. The Balaban J connectivity index is 3.00. The lowest BCUT2D eigenvalue weighted by Gasteiger charge is -2.05. The van der Waals surface area contributed by atoms with Crippen LogP contribution in [0.5, 0.6) is 0 Å². The Labute approximate surface area is 104 Å². The molecule has 0 unspecified atom stereocenters. The molecule has 0 saturated carbocycles. The van der Waals surface area contributed by atoms with Gasteiger partial charge in [-0.05, 0) is 23.8 Å². The molecule has 0 aliphatic carbocycles. The Bertz CT molecular complexity index is 451. The van der Waals surface area contributed by atoms with Crippen LogP contribution in [0.2, 0.25) is 5.02 Å². The van der Waals surface area contributed by atoms with E-state index in [1.807, 2.05) is 0 Å². The monoisotopic (exact) mass is 253 g/mol. The third kappa shape index (κ3) is 4.28. The number of esters is 1. The van der Waals surface area contributed by atoms with E-state index in [1.165, 1.54) is 20.1 Å². The Morgan fingerprint density at radius 2 is 1.88 bits per heavy atom. The molecular weight excluding hydrogens is 242 g/mol. The molecular formula is C12H12ClNO3. The molecule has 1 rings (SSSR count). The normalized spacial score (nSPS) is 10.9. The molecule has 0 aromatic heterocycles.